The number of hydrogen-bond donors (Lipinski definition) is 0. The van der Waals surface area contributed by atoms with E-state index < -0.39 is 0 Å². The van der Waals surface area contributed by atoms with E-state index in [1.165, 1.54) is 49.7 Å². The average molecular weight is 919 g/mol. The Balaban J connectivity index is 0.00000532. The molecule has 0 bridgehead atoms. The van der Waals surface area contributed by atoms with Crippen molar-refractivity contribution in [3.05, 3.63) is 131 Å². The molecule has 0 N–H and O–H groups in total. The van der Waals surface area contributed by atoms with Crippen molar-refractivity contribution in [3.63, 3.8) is 0 Å². The third-order valence-corrected chi connectivity index (χ3v) is 11.1. The van der Waals surface area contributed by atoms with Crippen LogP contribution in [0.1, 0.15) is 130 Å². The minimum absolute atomic E-state index is 0. The fraction of sp³-hybridized carbons (Fsp3) is 0.346. The van der Waals surface area contributed by atoms with Gasteiger partial charge in [-0.3, -0.25) is 9.97 Å². The predicted octanol–water partition coefficient (Wildman–Crippen LogP) is 14.3. The van der Waals surface area contributed by atoms with Crippen molar-refractivity contribution in [2.45, 2.75) is 118 Å². The van der Waals surface area contributed by atoms with Crippen LogP contribution in [0.25, 0.3) is 66.6 Å². The Morgan fingerprint density at radius 1 is 0.536 bits per heavy atom. The van der Waals surface area contributed by atoms with E-state index in [-0.39, 0.29) is 37.3 Å². The Kier molecular flexibility index (Phi) is 11.2. The van der Waals surface area contributed by atoms with E-state index in [4.69, 9.17) is 15.0 Å². The normalized spacial score (nSPS) is 12.6. The fourth-order valence-electron chi connectivity index (χ4n) is 7.66. The summed E-state index contributed by atoms with van der Waals surface area (Å²) in [5.41, 5.74) is 17.1. The van der Waals surface area contributed by atoms with Gasteiger partial charge in [0.2, 0.25) is 0 Å². The summed E-state index contributed by atoms with van der Waals surface area (Å²) in [6.07, 6.45) is 3.93. The maximum Gasteiger partial charge on any atom is 2.00 e. The molecule has 0 amide bonds. The summed E-state index contributed by atoms with van der Waals surface area (Å²) in [7, 11) is 0. The minimum Gasteiger partial charge on any atom is -0.662 e. The second-order valence-electron chi connectivity index (χ2n) is 19.2. The molecule has 7 aromatic rings. The summed E-state index contributed by atoms with van der Waals surface area (Å²) in [5.74, 6) is 0.781. The first-order valence-corrected chi connectivity index (χ1v) is 20.0. The van der Waals surface area contributed by atoms with Gasteiger partial charge >= 0.3 is 21.1 Å². The Morgan fingerprint density at radius 2 is 1.07 bits per heavy atom. The first-order valence-electron chi connectivity index (χ1n) is 20.0. The van der Waals surface area contributed by atoms with E-state index in [0.29, 0.717) is 11.8 Å². The van der Waals surface area contributed by atoms with Gasteiger partial charge in [0.15, 0.2) is 0 Å². The molecule has 56 heavy (non-hydrogen) atoms. The molecule has 0 unspecified atom stereocenters. The second kappa shape index (κ2) is 15.2. The van der Waals surface area contributed by atoms with Crippen LogP contribution < -0.4 is 4.98 Å². The molecule has 0 aliphatic carbocycles. The Morgan fingerprint density at radius 3 is 1.57 bits per heavy atom. The van der Waals surface area contributed by atoms with E-state index in [1.807, 2.05) is 12.3 Å². The Bertz CT molecular complexity index is 2490. The number of fused-ring (bicyclic) bond motifs is 3. The summed E-state index contributed by atoms with van der Waals surface area (Å²) in [6.45, 7) is 29.8. The van der Waals surface area contributed by atoms with Gasteiger partial charge < -0.3 is 4.98 Å². The smallest absolute Gasteiger partial charge is 0.662 e. The van der Waals surface area contributed by atoms with Crippen LogP contribution in [0.4, 0.5) is 0 Å². The molecule has 0 saturated carbocycles. The summed E-state index contributed by atoms with van der Waals surface area (Å²) in [4.78, 5) is 15.3. The van der Waals surface area contributed by atoms with Gasteiger partial charge in [-0.15, -0.1) is 35.3 Å². The molecule has 3 heterocycles. The standard InChI is InChI=1S/C52H57N3.Pt/c1-31(2)39-24-36(50(5,6)7)25-40(32(3)4)47(39)35-20-21-45(54-30-35)34-18-16-17-33(23-34)41-26-37(51(8,9)10)27-42-43-28-38(52(11,12)13)29-44(49(43)55-48(41)42)46-19-14-15-22-53-46;/h14-22,24-32H,1-13H3;/q-2;+2. The number of benzene rings is 4. The number of aromatic nitrogens is 3. The van der Waals surface area contributed by atoms with Gasteiger partial charge in [0, 0.05) is 18.1 Å². The quantitative estimate of drug-likeness (QED) is 0.156. The molecule has 4 heteroatoms. The van der Waals surface area contributed by atoms with Crippen LogP contribution in [0.2, 0.25) is 0 Å². The van der Waals surface area contributed by atoms with Crippen LogP contribution in [0.5, 0.6) is 0 Å². The van der Waals surface area contributed by atoms with Gasteiger partial charge in [-0.05, 0) is 95.5 Å². The Hall–Kier alpha value is -4.33. The summed E-state index contributed by atoms with van der Waals surface area (Å²) in [6, 6.07) is 34.9. The van der Waals surface area contributed by atoms with Crippen LogP contribution >= 0.6 is 0 Å². The number of nitrogens with zero attached hydrogens (tertiary/aromatic N) is 3. The molecule has 0 aliphatic heterocycles. The van der Waals surface area contributed by atoms with Gasteiger partial charge in [0.1, 0.15) is 0 Å². The summed E-state index contributed by atoms with van der Waals surface area (Å²) >= 11 is 0. The van der Waals surface area contributed by atoms with Gasteiger partial charge in [-0.1, -0.05) is 156 Å². The molecule has 0 fully saturated rings. The third kappa shape index (κ3) is 7.95. The monoisotopic (exact) mass is 918 g/mol. The average Bonchev–Trinajstić information content (AvgIpc) is 3.51. The molecule has 0 radical (unpaired) electrons. The number of rotatable bonds is 6. The first-order chi connectivity index (χ1) is 25.8. The van der Waals surface area contributed by atoms with E-state index in [1.54, 1.807) is 0 Å². The molecular formula is C52H57N3Pt. The molecule has 0 spiro atoms. The van der Waals surface area contributed by atoms with Crippen LogP contribution in [0.3, 0.4) is 0 Å². The van der Waals surface area contributed by atoms with Gasteiger partial charge in [0.25, 0.3) is 0 Å². The van der Waals surface area contributed by atoms with Crippen LogP contribution in [-0.2, 0) is 37.3 Å². The van der Waals surface area contributed by atoms with Crippen LogP contribution in [0.15, 0.2) is 97.3 Å². The third-order valence-electron chi connectivity index (χ3n) is 11.1. The Labute approximate surface area is 350 Å². The van der Waals surface area contributed by atoms with Crippen LogP contribution in [0, 0.1) is 6.07 Å². The van der Waals surface area contributed by atoms with Gasteiger partial charge in [0.05, 0.1) is 5.69 Å². The summed E-state index contributed by atoms with van der Waals surface area (Å²) in [5, 5.41) is 2.34. The molecule has 0 aliphatic rings. The second-order valence-corrected chi connectivity index (χ2v) is 19.2. The molecule has 3 nitrogen and oxygen atoms in total. The van der Waals surface area contributed by atoms with Crippen molar-refractivity contribution in [2.24, 2.45) is 0 Å². The van der Waals surface area contributed by atoms with Crippen molar-refractivity contribution >= 4 is 21.8 Å². The van der Waals surface area contributed by atoms with Gasteiger partial charge in [-0.2, -0.15) is 5.52 Å². The van der Waals surface area contributed by atoms with Gasteiger partial charge in [-0.25, -0.2) is 0 Å². The van der Waals surface area contributed by atoms with E-state index in [9.17, 15) is 0 Å². The zero-order valence-corrected chi connectivity index (χ0v) is 37.8. The molecule has 4 aromatic carbocycles. The largest absolute Gasteiger partial charge is 2.00 e. The topological polar surface area (TPSA) is 39.9 Å². The van der Waals surface area contributed by atoms with Crippen LogP contribution in [-0.4, -0.2) is 9.97 Å². The minimum atomic E-state index is -0.0677. The molecule has 0 saturated heterocycles. The molecule has 0 atom stereocenters. The SMILES string of the molecule is CC(C)c1cc(C(C)(C)C)cc(C(C)C)c1-c1ccc(-c2[c-]c(-c3cc(C(C)(C)C)cc4c3[n-]c3c(-c5ccccn5)cc(C(C)(C)C)cc34)ccc2)nc1.[Pt+2]. The van der Waals surface area contributed by atoms with Crippen molar-refractivity contribution in [1.82, 2.24) is 15.0 Å². The molecule has 290 valence electrons. The fourth-order valence-corrected chi connectivity index (χ4v) is 7.66. The number of hydrogen-bond acceptors (Lipinski definition) is 2. The first kappa shape index (κ1) is 41.3. The van der Waals surface area contributed by atoms with E-state index in [2.05, 4.69) is 181 Å². The summed E-state index contributed by atoms with van der Waals surface area (Å²) < 4.78 is 0. The maximum absolute atomic E-state index is 5.45. The zero-order valence-electron chi connectivity index (χ0n) is 35.6. The van der Waals surface area contributed by atoms with E-state index in [0.717, 1.165) is 44.7 Å². The molecular weight excluding hydrogens is 862 g/mol. The van der Waals surface area contributed by atoms with E-state index >= 15 is 0 Å². The van der Waals surface area contributed by atoms with Crippen molar-refractivity contribution in [2.75, 3.05) is 0 Å². The van der Waals surface area contributed by atoms with Crippen molar-refractivity contribution in [3.8, 4) is 44.8 Å². The maximum atomic E-state index is 5.45. The predicted molar refractivity (Wildman–Crippen MR) is 235 cm³/mol. The molecule has 7 rings (SSSR count). The molecule has 3 aromatic heterocycles. The number of pyridine rings is 2. The van der Waals surface area contributed by atoms with Crippen molar-refractivity contribution < 1.29 is 21.1 Å². The zero-order chi connectivity index (χ0) is 39.6. The van der Waals surface area contributed by atoms with Crippen molar-refractivity contribution in [1.29, 1.82) is 0 Å².